The van der Waals surface area contributed by atoms with Gasteiger partial charge >= 0.3 is 0 Å². The average molecular weight is 168 g/mol. The highest BCUT2D eigenvalue weighted by atomic mass is 16.5. The SMILES string of the molecule is C=C(C)C1CCC(COC)CC1. The molecule has 0 saturated heterocycles. The number of hydrogen-bond acceptors (Lipinski definition) is 1. The lowest BCUT2D eigenvalue weighted by atomic mass is 9.79. The second-order valence-electron chi connectivity index (χ2n) is 4.02. The fraction of sp³-hybridized carbons (Fsp3) is 0.818. The van der Waals surface area contributed by atoms with Gasteiger partial charge in [0.2, 0.25) is 0 Å². The summed E-state index contributed by atoms with van der Waals surface area (Å²) in [5, 5.41) is 0. The summed E-state index contributed by atoms with van der Waals surface area (Å²) >= 11 is 0. The molecule has 1 aliphatic rings. The molecule has 1 rings (SSSR count). The van der Waals surface area contributed by atoms with Gasteiger partial charge < -0.3 is 4.74 Å². The van der Waals surface area contributed by atoms with Gasteiger partial charge in [-0.15, -0.1) is 0 Å². The summed E-state index contributed by atoms with van der Waals surface area (Å²) in [6.45, 7) is 7.12. The highest BCUT2D eigenvalue weighted by Crippen LogP contribution is 2.32. The zero-order valence-electron chi connectivity index (χ0n) is 8.31. The zero-order chi connectivity index (χ0) is 8.97. The number of rotatable bonds is 3. The molecule has 1 nitrogen and oxygen atoms in total. The Bertz CT molecular complexity index is 143. The summed E-state index contributed by atoms with van der Waals surface area (Å²) < 4.78 is 5.15. The lowest BCUT2D eigenvalue weighted by Crippen LogP contribution is -2.18. The van der Waals surface area contributed by atoms with Crippen molar-refractivity contribution in [1.29, 1.82) is 0 Å². The molecule has 0 bridgehead atoms. The van der Waals surface area contributed by atoms with E-state index in [1.807, 2.05) is 0 Å². The largest absolute Gasteiger partial charge is 0.384 e. The summed E-state index contributed by atoms with van der Waals surface area (Å²) in [6, 6.07) is 0. The highest BCUT2D eigenvalue weighted by Gasteiger charge is 2.20. The van der Waals surface area contributed by atoms with E-state index < -0.39 is 0 Å². The van der Waals surface area contributed by atoms with E-state index >= 15 is 0 Å². The van der Waals surface area contributed by atoms with E-state index in [4.69, 9.17) is 4.74 Å². The van der Waals surface area contributed by atoms with Crippen LogP contribution in [0.2, 0.25) is 0 Å². The molecule has 1 heteroatoms. The molecule has 1 fully saturated rings. The van der Waals surface area contributed by atoms with Gasteiger partial charge in [0.1, 0.15) is 0 Å². The lowest BCUT2D eigenvalue weighted by molar-refractivity contribution is 0.123. The van der Waals surface area contributed by atoms with Crippen molar-refractivity contribution in [2.24, 2.45) is 11.8 Å². The van der Waals surface area contributed by atoms with Crippen LogP contribution in [0.1, 0.15) is 32.6 Å². The topological polar surface area (TPSA) is 9.23 Å². The maximum absolute atomic E-state index is 5.15. The van der Waals surface area contributed by atoms with Gasteiger partial charge in [-0.3, -0.25) is 0 Å². The second-order valence-corrected chi connectivity index (χ2v) is 4.02. The van der Waals surface area contributed by atoms with Gasteiger partial charge in [0.15, 0.2) is 0 Å². The normalized spacial score (nSPS) is 30.2. The monoisotopic (exact) mass is 168 g/mol. The minimum absolute atomic E-state index is 0.790. The lowest BCUT2D eigenvalue weighted by Gasteiger charge is -2.28. The van der Waals surface area contributed by atoms with E-state index in [0.29, 0.717) is 0 Å². The van der Waals surface area contributed by atoms with Crippen molar-refractivity contribution in [3.8, 4) is 0 Å². The Balaban J connectivity index is 2.25. The summed E-state index contributed by atoms with van der Waals surface area (Å²) in [7, 11) is 1.80. The van der Waals surface area contributed by atoms with E-state index in [2.05, 4.69) is 13.5 Å². The molecule has 0 aromatic carbocycles. The molecule has 70 valence electrons. The molecule has 0 unspecified atom stereocenters. The molecule has 0 aliphatic heterocycles. The predicted octanol–water partition coefficient (Wildman–Crippen LogP) is 3.02. The zero-order valence-corrected chi connectivity index (χ0v) is 8.31. The number of hydrogen-bond donors (Lipinski definition) is 0. The van der Waals surface area contributed by atoms with Gasteiger partial charge in [-0.05, 0) is 44.4 Å². The van der Waals surface area contributed by atoms with E-state index in [9.17, 15) is 0 Å². The molecular weight excluding hydrogens is 148 g/mol. The third-order valence-electron chi connectivity index (χ3n) is 2.95. The average Bonchev–Trinajstić information content (AvgIpc) is 2.06. The van der Waals surface area contributed by atoms with E-state index in [1.165, 1.54) is 31.3 Å². The van der Waals surface area contributed by atoms with Gasteiger partial charge in [0, 0.05) is 13.7 Å². The van der Waals surface area contributed by atoms with Gasteiger partial charge in [0.05, 0.1) is 0 Å². The Morgan fingerprint density at radius 2 is 1.92 bits per heavy atom. The predicted molar refractivity (Wildman–Crippen MR) is 52.1 cm³/mol. The number of allylic oxidation sites excluding steroid dienone is 1. The van der Waals surface area contributed by atoms with Crippen LogP contribution in [0.25, 0.3) is 0 Å². The van der Waals surface area contributed by atoms with Crippen LogP contribution in [0.15, 0.2) is 12.2 Å². The summed E-state index contributed by atoms with van der Waals surface area (Å²) in [5.74, 6) is 1.60. The van der Waals surface area contributed by atoms with Crippen LogP contribution in [0, 0.1) is 11.8 Å². The van der Waals surface area contributed by atoms with Crippen LogP contribution in [0.5, 0.6) is 0 Å². The van der Waals surface area contributed by atoms with E-state index in [0.717, 1.165) is 18.4 Å². The number of ether oxygens (including phenoxy) is 1. The molecule has 0 radical (unpaired) electrons. The summed E-state index contributed by atoms with van der Waals surface area (Å²) in [4.78, 5) is 0. The maximum Gasteiger partial charge on any atom is 0.0490 e. The van der Waals surface area contributed by atoms with E-state index in [1.54, 1.807) is 7.11 Å². The van der Waals surface area contributed by atoms with Crippen molar-refractivity contribution >= 4 is 0 Å². The van der Waals surface area contributed by atoms with Crippen LogP contribution < -0.4 is 0 Å². The first kappa shape index (κ1) is 9.79. The van der Waals surface area contributed by atoms with Crippen LogP contribution in [-0.4, -0.2) is 13.7 Å². The van der Waals surface area contributed by atoms with Crippen LogP contribution in [-0.2, 0) is 4.74 Å². The Morgan fingerprint density at radius 3 is 2.33 bits per heavy atom. The molecule has 1 aliphatic carbocycles. The van der Waals surface area contributed by atoms with Gasteiger partial charge in [0.25, 0.3) is 0 Å². The van der Waals surface area contributed by atoms with Gasteiger partial charge in [-0.25, -0.2) is 0 Å². The minimum atomic E-state index is 0.790. The standard InChI is InChI=1S/C11H20O/c1-9(2)11-6-4-10(5-7-11)8-12-3/h10-11H,1,4-8H2,2-3H3. The van der Waals surface area contributed by atoms with Gasteiger partial charge in [-0.1, -0.05) is 12.2 Å². The Morgan fingerprint density at radius 1 is 1.33 bits per heavy atom. The molecule has 1 saturated carbocycles. The Hall–Kier alpha value is -0.300. The first-order chi connectivity index (χ1) is 5.74. The summed E-state index contributed by atoms with van der Waals surface area (Å²) in [6.07, 6.45) is 5.30. The van der Waals surface area contributed by atoms with Crippen molar-refractivity contribution < 1.29 is 4.74 Å². The van der Waals surface area contributed by atoms with Crippen molar-refractivity contribution in [3.05, 3.63) is 12.2 Å². The van der Waals surface area contributed by atoms with Crippen LogP contribution >= 0.6 is 0 Å². The van der Waals surface area contributed by atoms with Crippen molar-refractivity contribution in [2.75, 3.05) is 13.7 Å². The third-order valence-corrected chi connectivity index (χ3v) is 2.95. The van der Waals surface area contributed by atoms with E-state index in [-0.39, 0.29) is 0 Å². The molecule has 0 aromatic heterocycles. The van der Waals surface area contributed by atoms with Crippen molar-refractivity contribution in [1.82, 2.24) is 0 Å². The molecule has 0 atom stereocenters. The summed E-state index contributed by atoms with van der Waals surface area (Å²) in [5.41, 5.74) is 1.37. The highest BCUT2D eigenvalue weighted by molar-refractivity contribution is 4.97. The fourth-order valence-corrected chi connectivity index (χ4v) is 2.06. The Labute approximate surface area is 75.8 Å². The second kappa shape index (κ2) is 4.66. The smallest absolute Gasteiger partial charge is 0.0490 e. The fourth-order valence-electron chi connectivity index (χ4n) is 2.06. The van der Waals surface area contributed by atoms with Crippen LogP contribution in [0.4, 0.5) is 0 Å². The minimum Gasteiger partial charge on any atom is -0.384 e. The van der Waals surface area contributed by atoms with Crippen molar-refractivity contribution in [2.45, 2.75) is 32.6 Å². The van der Waals surface area contributed by atoms with Crippen molar-refractivity contribution in [3.63, 3.8) is 0 Å². The molecule has 0 aromatic rings. The molecular formula is C11H20O. The number of methoxy groups -OCH3 is 1. The quantitative estimate of drug-likeness (QED) is 0.589. The maximum atomic E-state index is 5.15. The third kappa shape index (κ3) is 2.63. The first-order valence-electron chi connectivity index (χ1n) is 4.88. The van der Waals surface area contributed by atoms with Crippen LogP contribution in [0.3, 0.4) is 0 Å². The molecule has 0 spiro atoms. The van der Waals surface area contributed by atoms with Gasteiger partial charge in [-0.2, -0.15) is 0 Å². The molecule has 0 amide bonds. The Kier molecular flexibility index (Phi) is 3.80. The molecule has 0 N–H and O–H groups in total. The molecule has 0 heterocycles. The molecule has 12 heavy (non-hydrogen) atoms. The first-order valence-corrected chi connectivity index (χ1v) is 4.88.